The Labute approximate surface area is 132 Å². The first-order valence-electron chi connectivity index (χ1n) is 6.77. The third kappa shape index (κ3) is 4.12. The molecule has 1 atom stereocenters. The summed E-state index contributed by atoms with van der Waals surface area (Å²) in [5.74, 6) is 0. The smallest absolute Gasteiger partial charge is 0.273 e. The van der Waals surface area contributed by atoms with Crippen LogP contribution < -0.4 is 5.32 Å². The first kappa shape index (κ1) is 15.7. The number of nitro groups is 1. The van der Waals surface area contributed by atoms with Gasteiger partial charge in [-0.05, 0) is 31.5 Å². The van der Waals surface area contributed by atoms with E-state index in [4.69, 9.17) is 0 Å². The Morgan fingerprint density at radius 1 is 1.24 bits per heavy atom. The van der Waals surface area contributed by atoms with Crippen molar-refractivity contribution in [2.24, 2.45) is 0 Å². The summed E-state index contributed by atoms with van der Waals surface area (Å²) in [4.78, 5) is 10.8. The Morgan fingerprint density at radius 2 is 1.95 bits per heavy atom. The first-order chi connectivity index (χ1) is 10.1. The van der Waals surface area contributed by atoms with Crippen LogP contribution in [-0.4, -0.2) is 12.0 Å². The van der Waals surface area contributed by atoms with Crippen LogP contribution in [0.1, 0.15) is 23.6 Å². The highest BCUT2D eigenvalue weighted by Gasteiger charge is 2.16. The van der Waals surface area contributed by atoms with E-state index in [2.05, 4.69) is 33.4 Å². The number of nitro benzene ring substituents is 1. The van der Waals surface area contributed by atoms with Crippen LogP contribution in [0.2, 0.25) is 0 Å². The highest BCUT2D eigenvalue weighted by Crippen LogP contribution is 2.27. The Bertz CT molecular complexity index is 617. The summed E-state index contributed by atoms with van der Waals surface area (Å²) in [6.45, 7) is 0. The number of benzene rings is 2. The minimum atomic E-state index is -0.322. The van der Waals surface area contributed by atoms with Crippen LogP contribution in [0.15, 0.2) is 53.0 Å². The van der Waals surface area contributed by atoms with Crippen LogP contribution >= 0.6 is 15.9 Å². The molecule has 2 aromatic carbocycles. The quantitative estimate of drug-likeness (QED) is 0.627. The van der Waals surface area contributed by atoms with Crippen LogP contribution in [-0.2, 0) is 6.42 Å². The number of nitrogens with zero attached hydrogens (tertiary/aromatic N) is 1. The molecule has 21 heavy (non-hydrogen) atoms. The summed E-state index contributed by atoms with van der Waals surface area (Å²) < 4.78 is 0.728. The van der Waals surface area contributed by atoms with Crippen molar-refractivity contribution in [3.05, 3.63) is 74.2 Å². The van der Waals surface area contributed by atoms with Gasteiger partial charge in [-0.3, -0.25) is 10.1 Å². The van der Waals surface area contributed by atoms with Crippen LogP contribution in [0.5, 0.6) is 0 Å². The van der Waals surface area contributed by atoms with Crippen molar-refractivity contribution in [2.45, 2.75) is 18.9 Å². The number of hydrogen-bond acceptors (Lipinski definition) is 3. The van der Waals surface area contributed by atoms with Gasteiger partial charge in [0.1, 0.15) is 0 Å². The molecule has 0 aliphatic rings. The van der Waals surface area contributed by atoms with E-state index < -0.39 is 0 Å². The average molecular weight is 349 g/mol. The van der Waals surface area contributed by atoms with E-state index in [1.165, 1.54) is 5.56 Å². The molecule has 5 heteroatoms. The SMILES string of the molecule is CNC(CCc1ccc(Br)cc1[N+](=O)[O-])c1ccccc1. The van der Waals surface area contributed by atoms with Crippen molar-refractivity contribution in [1.82, 2.24) is 5.32 Å². The van der Waals surface area contributed by atoms with Gasteiger partial charge in [-0.1, -0.05) is 52.3 Å². The molecule has 0 amide bonds. The molecule has 0 saturated heterocycles. The molecule has 0 fully saturated rings. The minimum Gasteiger partial charge on any atom is -0.313 e. The number of nitrogens with one attached hydrogen (secondary N) is 1. The molecule has 0 bridgehead atoms. The Morgan fingerprint density at radius 3 is 2.57 bits per heavy atom. The predicted molar refractivity (Wildman–Crippen MR) is 87.4 cm³/mol. The van der Waals surface area contributed by atoms with Crippen molar-refractivity contribution in [1.29, 1.82) is 0 Å². The highest BCUT2D eigenvalue weighted by molar-refractivity contribution is 9.10. The predicted octanol–water partition coefficient (Wildman–Crippen LogP) is 4.25. The second-order valence-corrected chi connectivity index (χ2v) is 5.74. The lowest BCUT2D eigenvalue weighted by Gasteiger charge is -2.16. The number of halogens is 1. The van der Waals surface area contributed by atoms with Gasteiger partial charge in [-0.15, -0.1) is 0 Å². The molecule has 0 radical (unpaired) electrons. The molecule has 0 saturated carbocycles. The lowest BCUT2D eigenvalue weighted by Crippen LogP contribution is -2.17. The lowest BCUT2D eigenvalue weighted by atomic mass is 9.98. The second-order valence-electron chi connectivity index (χ2n) is 4.82. The van der Waals surface area contributed by atoms with Crippen LogP contribution in [0.25, 0.3) is 0 Å². The van der Waals surface area contributed by atoms with E-state index in [1.807, 2.05) is 37.4 Å². The number of hydrogen-bond donors (Lipinski definition) is 1. The van der Waals surface area contributed by atoms with Crippen molar-refractivity contribution in [3.63, 3.8) is 0 Å². The minimum absolute atomic E-state index is 0.173. The topological polar surface area (TPSA) is 55.2 Å². The maximum Gasteiger partial charge on any atom is 0.273 e. The summed E-state index contributed by atoms with van der Waals surface area (Å²) >= 11 is 3.28. The van der Waals surface area contributed by atoms with Crippen molar-refractivity contribution < 1.29 is 4.92 Å². The molecular formula is C16H17BrN2O2. The largest absolute Gasteiger partial charge is 0.313 e. The van der Waals surface area contributed by atoms with E-state index in [-0.39, 0.29) is 16.7 Å². The van der Waals surface area contributed by atoms with Gasteiger partial charge in [-0.25, -0.2) is 0 Å². The Hall–Kier alpha value is -1.72. The van der Waals surface area contributed by atoms with Gasteiger partial charge in [0.2, 0.25) is 0 Å². The molecule has 2 aromatic rings. The van der Waals surface area contributed by atoms with Crippen LogP contribution in [0.4, 0.5) is 5.69 Å². The van der Waals surface area contributed by atoms with E-state index in [9.17, 15) is 10.1 Å². The standard InChI is InChI=1S/C16H17BrN2O2/c1-18-15(12-5-3-2-4-6-12)10-8-13-7-9-14(17)11-16(13)19(20)21/h2-7,9,11,15,18H,8,10H2,1H3. The third-order valence-corrected chi connectivity index (χ3v) is 3.99. The molecule has 1 N–H and O–H groups in total. The van der Waals surface area contributed by atoms with Crippen molar-refractivity contribution in [2.75, 3.05) is 7.05 Å². The fraction of sp³-hybridized carbons (Fsp3) is 0.250. The zero-order valence-corrected chi connectivity index (χ0v) is 13.3. The lowest BCUT2D eigenvalue weighted by molar-refractivity contribution is -0.385. The maximum absolute atomic E-state index is 11.1. The van der Waals surface area contributed by atoms with Gasteiger partial charge in [0.05, 0.1) is 4.92 Å². The fourth-order valence-corrected chi connectivity index (χ4v) is 2.73. The summed E-state index contributed by atoms with van der Waals surface area (Å²) in [5.41, 5.74) is 2.13. The zero-order chi connectivity index (χ0) is 15.2. The Kier molecular flexibility index (Phi) is 5.47. The Balaban J connectivity index is 2.14. The van der Waals surface area contributed by atoms with Crippen LogP contribution in [0.3, 0.4) is 0 Å². The van der Waals surface area contributed by atoms with Gasteiger partial charge in [0.15, 0.2) is 0 Å². The zero-order valence-electron chi connectivity index (χ0n) is 11.8. The molecule has 0 heterocycles. The first-order valence-corrected chi connectivity index (χ1v) is 7.56. The molecule has 2 rings (SSSR count). The maximum atomic E-state index is 11.1. The second kappa shape index (κ2) is 7.33. The molecule has 0 spiro atoms. The molecule has 4 nitrogen and oxygen atoms in total. The molecule has 0 aromatic heterocycles. The number of aryl methyl sites for hydroxylation is 1. The van der Waals surface area contributed by atoms with Gasteiger partial charge in [0, 0.05) is 22.1 Å². The molecular weight excluding hydrogens is 332 g/mol. The number of rotatable bonds is 6. The van der Waals surface area contributed by atoms with Gasteiger partial charge >= 0.3 is 0 Å². The summed E-state index contributed by atoms with van der Waals surface area (Å²) in [5, 5.41) is 14.4. The average Bonchev–Trinajstić information content (AvgIpc) is 2.50. The van der Waals surface area contributed by atoms with Crippen molar-refractivity contribution >= 4 is 21.6 Å². The van der Waals surface area contributed by atoms with E-state index in [1.54, 1.807) is 6.07 Å². The molecule has 110 valence electrons. The molecule has 0 aliphatic heterocycles. The van der Waals surface area contributed by atoms with Crippen molar-refractivity contribution in [3.8, 4) is 0 Å². The van der Waals surface area contributed by atoms with E-state index in [0.29, 0.717) is 6.42 Å². The van der Waals surface area contributed by atoms with Gasteiger partial charge in [-0.2, -0.15) is 0 Å². The molecule has 0 aliphatic carbocycles. The van der Waals surface area contributed by atoms with Crippen LogP contribution in [0, 0.1) is 10.1 Å². The van der Waals surface area contributed by atoms with E-state index in [0.717, 1.165) is 16.5 Å². The van der Waals surface area contributed by atoms with Gasteiger partial charge in [0.25, 0.3) is 5.69 Å². The summed E-state index contributed by atoms with van der Waals surface area (Å²) in [7, 11) is 1.91. The van der Waals surface area contributed by atoms with Gasteiger partial charge < -0.3 is 5.32 Å². The third-order valence-electron chi connectivity index (χ3n) is 3.50. The molecule has 1 unspecified atom stereocenters. The highest BCUT2D eigenvalue weighted by atomic mass is 79.9. The summed E-state index contributed by atoms with van der Waals surface area (Å²) in [6, 6.07) is 15.5. The normalized spacial score (nSPS) is 12.1. The van der Waals surface area contributed by atoms with E-state index >= 15 is 0 Å². The summed E-state index contributed by atoms with van der Waals surface area (Å²) in [6.07, 6.45) is 1.47. The monoisotopic (exact) mass is 348 g/mol. The fourth-order valence-electron chi connectivity index (χ4n) is 2.38.